The predicted molar refractivity (Wildman–Crippen MR) is 83.1 cm³/mol. The maximum Gasteiger partial charge on any atom is 0.128 e. The molecule has 0 bridgehead atoms. The Hall–Kier alpha value is -0.450. The molecule has 1 saturated carbocycles. The van der Waals surface area contributed by atoms with Crippen molar-refractivity contribution in [1.29, 1.82) is 0 Å². The Morgan fingerprint density at radius 2 is 2.20 bits per heavy atom. The smallest absolute Gasteiger partial charge is 0.128 e. The first kappa shape index (κ1) is 14.5. The maximum absolute atomic E-state index is 14.0. The summed E-state index contributed by atoms with van der Waals surface area (Å²) >= 11 is 3.32. The summed E-state index contributed by atoms with van der Waals surface area (Å²) in [4.78, 5) is 2.46. The van der Waals surface area contributed by atoms with Crippen LogP contribution in [0.25, 0.3) is 0 Å². The summed E-state index contributed by atoms with van der Waals surface area (Å²) in [5.41, 5.74) is 0.808. The molecule has 1 aliphatic heterocycles. The van der Waals surface area contributed by atoms with E-state index in [1.807, 2.05) is 12.1 Å². The van der Waals surface area contributed by atoms with Crippen molar-refractivity contribution in [2.45, 2.75) is 44.8 Å². The molecule has 110 valence electrons. The summed E-state index contributed by atoms with van der Waals surface area (Å²) in [5.74, 6) is 0.751. The van der Waals surface area contributed by atoms with Crippen molar-refractivity contribution in [3.05, 3.63) is 34.1 Å². The Bertz CT molecular complexity index is 476. The van der Waals surface area contributed by atoms with Crippen LogP contribution < -0.4 is 5.32 Å². The van der Waals surface area contributed by atoms with Crippen molar-refractivity contribution in [2.24, 2.45) is 5.92 Å². The molecule has 0 spiro atoms. The quantitative estimate of drug-likeness (QED) is 0.901. The van der Waals surface area contributed by atoms with E-state index in [2.05, 4.69) is 33.1 Å². The van der Waals surface area contributed by atoms with Crippen LogP contribution in [0.5, 0.6) is 0 Å². The van der Waals surface area contributed by atoms with Crippen LogP contribution in [0.4, 0.5) is 4.39 Å². The Kier molecular flexibility index (Phi) is 4.43. The van der Waals surface area contributed by atoms with Crippen molar-refractivity contribution in [3.8, 4) is 0 Å². The molecule has 2 fully saturated rings. The molecule has 3 rings (SSSR count). The van der Waals surface area contributed by atoms with Crippen molar-refractivity contribution in [1.82, 2.24) is 10.2 Å². The van der Waals surface area contributed by atoms with E-state index in [9.17, 15) is 4.39 Å². The number of halogens is 2. The van der Waals surface area contributed by atoms with E-state index in [4.69, 9.17) is 0 Å². The fourth-order valence-electron chi connectivity index (χ4n) is 3.16. The average molecular weight is 341 g/mol. The zero-order valence-corrected chi connectivity index (χ0v) is 13.5. The second-order valence-electron chi connectivity index (χ2n) is 6.08. The van der Waals surface area contributed by atoms with Gasteiger partial charge in [0.15, 0.2) is 0 Å². The summed E-state index contributed by atoms with van der Waals surface area (Å²) in [6.45, 7) is 5.03. The standard InChI is InChI=1S/C16H22BrFN2/c1-2-14-8-19-16(11-3-4-11)10-20(14)9-12-5-6-13(17)7-15(12)18/h5-7,11,14,16,19H,2-4,8-10H2,1H3. The molecular formula is C16H22BrFN2. The minimum absolute atomic E-state index is 0.101. The summed E-state index contributed by atoms with van der Waals surface area (Å²) in [6, 6.07) is 6.53. The molecule has 1 aliphatic carbocycles. The second kappa shape index (κ2) is 6.12. The van der Waals surface area contributed by atoms with Crippen LogP contribution in [-0.2, 0) is 6.54 Å². The van der Waals surface area contributed by atoms with E-state index >= 15 is 0 Å². The van der Waals surface area contributed by atoms with Gasteiger partial charge in [0.05, 0.1) is 0 Å². The summed E-state index contributed by atoms with van der Waals surface area (Å²) in [7, 11) is 0. The third-order valence-electron chi connectivity index (χ3n) is 4.61. The molecule has 1 aromatic carbocycles. The van der Waals surface area contributed by atoms with Crippen LogP contribution in [0.2, 0.25) is 0 Å². The Morgan fingerprint density at radius 1 is 1.40 bits per heavy atom. The lowest BCUT2D eigenvalue weighted by atomic mass is 10.0. The predicted octanol–water partition coefficient (Wildman–Crippen LogP) is 3.55. The third kappa shape index (κ3) is 3.23. The zero-order valence-electron chi connectivity index (χ0n) is 11.9. The maximum atomic E-state index is 14.0. The lowest BCUT2D eigenvalue weighted by molar-refractivity contribution is 0.110. The SMILES string of the molecule is CCC1CNC(C2CC2)CN1Cc1ccc(Br)cc1F. The van der Waals surface area contributed by atoms with Crippen molar-refractivity contribution >= 4 is 15.9 Å². The highest BCUT2D eigenvalue weighted by molar-refractivity contribution is 9.10. The Morgan fingerprint density at radius 3 is 2.85 bits per heavy atom. The molecule has 1 N–H and O–H groups in total. The molecule has 0 amide bonds. The van der Waals surface area contributed by atoms with Gasteiger partial charge in [-0.1, -0.05) is 28.9 Å². The van der Waals surface area contributed by atoms with Crippen molar-refractivity contribution in [3.63, 3.8) is 0 Å². The summed E-state index contributed by atoms with van der Waals surface area (Å²) < 4.78 is 14.8. The van der Waals surface area contributed by atoms with Gasteiger partial charge < -0.3 is 5.32 Å². The van der Waals surface area contributed by atoms with Crippen LogP contribution >= 0.6 is 15.9 Å². The van der Waals surface area contributed by atoms with Crippen LogP contribution in [0, 0.1) is 11.7 Å². The van der Waals surface area contributed by atoms with Crippen LogP contribution in [-0.4, -0.2) is 30.1 Å². The van der Waals surface area contributed by atoms with E-state index in [1.165, 1.54) is 12.8 Å². The molecule has 2 nitrogen and oxygen atoms in total. The van der Waals surface area contributed by atoms with Gasteiger partial charge in [-0.2, -0.15) is 0 Å². The van der Waals surface area contributed by atoms with Crippen LogP contribution in [0.15, 0.2) is 22.7 Å². The van der Waals surface area contributed by atoms with Gasteiger partial charge in [0, 0.05) is 41.8 Å². The van der Waals surface area contributed by atoms with E-state index in [0.29, 0.717) is 12.1 Å². The molecule has 2 unspecified atom stereocenters. The van der Waals surface area contributed by atoms with Gasteiger partial charge in [0.1, 0.15) is 5.82 Å². The number of piperazine rings is 1. The minimum Gasteiger partial charge on any atom is -0.311 e. The van der Waals surface area contributed by atoms with Crippen LogP contribution in [0.3, 0.4) is 0 Å². The van der Waals surface area contributed by atoms with Gasteiger partial charge in [-0.05, 0) is 37.3 Å². The highest BCUT2D eigenvalue weighted by Crippen LogP contribution is 2.34. The van der Waals surface area contributed by atoms with Gasteiger partial charge in [-0.15, -0.1) is 0 Å². The number of hydrogen-bond donors (Lipinski definition) is 1. The topological polar surface area (TPSA) is 15.3 Å². The lowest BCUT2D eigenvalue weighted by Crippen LogP contribution is -2.56. The first-order valence-electron chi connectivity index (χ1n) is 7.58. The van der Waals surface area contributed by atoms with E-state index in [1.54, 1.807) is 6.07 Å². The average Bonchev–Trinajstić information content (AvgIpc) is 3.26. The highest BCUT2D eigenvalue weighted by Gasteiger charge is 2.36. The lowest BCUT2D eigenvalue weighted by Gasteiger charge is -2.40. The molecular weight excluding hydrogens is 319 g/mol. The number of rotatable bonds is 4. The van der Waals surface area contributed by atoms with Gasteiger partial charge in [0.25, 0.3) is 0 Å². The van der Waals surface area contributed by atoms with Gasteiger partial charge in [0.2, 0.25) is 0 Å². The Balaban J connectivity index is 1.71. The molecule has 2 atom stereocenters. The van der Waals surface area contributed by atoms with Crippen molar-refractivity contribution < 1.29 is 4.39 Å². The molecule has 0 radical (unpaired) electrons. The van der Waals surface area contributed by atoms with E-state index in [-0.39, 0.29) is 5.82 Å². The highest BCUT2D eigenvalue weighted by atomic mass is 79.9. The number of nitrogens with zero attached hydrogens (tertiary/aromatic N) is 1. The monoisotopic (exact) mass is 340 g/mol. The molecule has 1 aromatic rings. The zero-order chi connectivity index (χ0) is 14.1. The molecule has 1 saturated heterocycles. The van der Waals surface area contributed by atoms with E-state index < -0.39 is 0 Å². The summed E-state index contributed by atoms with van der Waals surface area (Å²) in [6.07, 6.45) is 3.83. The summed E-state index contributed by atoms with van der Waals surface area (Å²) in [5, 5.41) is 3.68. The van der Waals surface area contributed by atoms with Crippen LogP contribution in [0.1, 0.15) is 31.7 Å². The van der Waals surface area contributed by atoms with Gasteiger partial charge in [-0.25, -0.2) is 4.39 Å². The van der Waals surface area contributed by atoms with Gasteiger partial charge >= 0.3 is 0 Å². The Labute approximate surface area is 128 Å². The second-order valence-corrected chi connectivity index (χ2v) is 7.00. The largest absolute Gasteiger partial charge is 0.311 e. The van der Waals surface area contributed by atoms with Crippen molar-refractivity contribution in [2.75, 3.05) is 13.1 Å². The fraction of sp³-hybridized carbons (Fsp3) is 0.625. The molecule has 2 aliphatic rings. The number of hydrogen-bond acceptors (Lipinski definition) is 2. The third-order valence-corrected chi connectivity index (χ3v) is 5.11. The number of benzene rings is 1. The minimum atomic E-state index is -0.101. The fourth-order valence-corrected chi connectivity index (χ4v) is 3.50. The van der Waals surface area contributed by atoms with Gasteiger partial charge in [-0.3, -0.25) is 4.90 Å². The first-order valence-corrected chi connectivity index (χ1v) is 8.38. The molecule has 1 heterocycles. The number of nitrogens with one attached hydrogen (secondary N) is 1. The first-order chi connectivity index (χ1) is 9.67. The van der Waals surface area contributed by atoms with E-state index in [0.717, 1.165) is 42.0 Å². The molecule has 20 heavy (non-hydrogen) atoms. The molecule has 4 heteroatoms. The molecule has 0 aromatic heterocycles. The normalized spacial score (nSPS) is 27.8.